The first-order valence-corrected chi connectivity index (χ1v) is 7.43. The second-order valence-corrected chi connectivity index (χ2v) is 5.93. The molecule has 2 amide bonds. The van der Waals surface area contributed by atoms with Crippen LogP contribution in [-0.2, 0) is 9.59 Å². The Kier molecular flexibility index (Phi) is 5.13. The number of halogens is 1. The summed E-state index contributed by atoms with van der Waals surface area (Å²) in [6.45, 7) is 4.15. The van der Waals surface area contributed by atoms with Crippen molar-refractivity contribution in [2.45, 2.75) is 38.7 Å². The smallest absolute Gasteiger partial charge is 0.228 e. The number of hydrogen-bond donors (Lipinski definition) is 3. The lowest BCUT2D eigenvalue weighted by Gasteiger charge is -2.25. The average molecular weight is 308 g/mol. The van der Waals surface area contributed by atoms with Gasteiger partial charge in [-0.1, -0.05) is 19.9 Å². The Balaban J connectivity index is 2.03. The van der Waals surface area contributed by atoms with Gasteiger partial charge in [-0.05, 0) is 30.0 Å². The molecule has 22 heavy (non-hydrogen) atoms. The van der Waals surface area contributed by atoms with Gasteiger partial charge in [0.05, 0.1) is 12.0 Å². The molecular weight excluding hydrogens is 287 g/mol. The van der Waals surface area contributed by atoms with Gasteiger partial charge in [0.2, 0.25) is 11.8 Å². The molecule has 0 saturated heterocycles. The van der Waals surface area contributed by atoms with Gasteiger partial charge in [0.25, 0.3) is 0 Å². The maximum Gasteiger partial charge on any atom is 0.228 e. The Morgan fingerprint density at radius 1 is 1.50 bits per heavy atom. The summed E-state index contributed by atoms with van der Waals surface area (Å²) in [4.78, 5) is 23.9. The number of benzene rings is 1. The van der Waals surface area contributed by atoms with Crippen LogP contribution in [0.25, 0.3) is 0 Å². The minimum atomic E-state index is -0.624. The number of aliphatic hydroxyl groups excluding tert-OH is 1. The molecule has 0 aromatic heterocycles. The topological polar surface area (TPSA) is 78.4 Å². The lowest BCUT2D eigenvalue weighted by atomic mass is 9.89. The summed E-state index contributed by atoms with van der Waals surface area (Å²) in [7, 11) is 0. The molecule has 2 unspecified atom stereocenters. The second-order valence-electron chi connectivity index (χ2n) is 5.93. The van der Waals surface area contributed by atoms with Gasteiger partial charge in [0.15, 0.2) is 0 Å². The van der Waals surface area contributed by atoms with Crippen molar-refractivity contribution in [3.8, 4) is 0 Å². The molecule has 6 heteroatoms. The van der Waals surface area contributed by atoms with Crippen LogP contribution in [0.4, 0.5) is 10.1 Å². The first kappa shape index (κ1) is 16.4. The van der Waals surface area contributed by atoms with E-state index in [-0.39, 0.29) is 24.2 Å². The highest BCUT2D eigenvalue weighted by molar-refractivity contribution is 6.01. The van der Waals surface area contributed by atoms with Crippen LogP contribution in [0.2, 0.25) is 0 Å². The van der Waals surface area contributed by atoms with Crippen molar-refractivity contribution in [2.75, 3.05) is 11.9 Å². The summed E-state index contributed by atoms with van der Waals surface area (Å²) in [6, 6.07) is 4.02. The maximum absolute atomic E-state index is 13.2. The molecule has 0 radical (unpaired) electrons. The summed E-state index contributed by atoms with van der Waals surface area (Å²) >= 11 is 0. The number of amides is 2. The first-order chi connectivity index (χ1) is 10.4. The number of carbonyl (C=O) groups excluding carboxylic acids is 2. The molecule has 0 spiro atoms. The third-order valence-electron chi connectivity index (χ3n) is 3.88. The lowest BCUT2D eigenvalue weighted by Crippen LogP contribution is -2.36. The van der Waals surface area contributed by atoms with E-state index in [2.05, 4.69) is 10.6 Å². The molecular formula is C16H21FN2O3. The minimum Gasteiger partial charge on any atom is -0.393 e. The van der Waals surface area contributed by atoms with Gasteiger partial charge in [-0.3, -0.25) is 9.59 Å². The predicted molar refractivity (Wildman–Crippen MR) is 80.9 cm³/mol. The van der Waals surface area contributed by atoms with E-state index in [1.165, 1.54) is 18.2 Å². The predicted octanol–water partition coefficient (Wildman–Crippen LogP) is 1.77. The number of aliphatic hydroxyl groups is 1. The van der Waals surface area contributed by atoms with E-state index in [9.17, 15) is 19.1 Å². The van der Waals surface area contributed by atoms with Crippen LogP contribution >= 0.6 is 0 Å². The van der Waals surface area contributed by atoms with Gasteiger partial charge in [0.1, 0.15) is 5.82 Å². The highest BCUT2D eigenvalue weighted by Crippen LogP contribution is 2.32. The summed E-state index contributed by atoms with van der Waals surface area (Å²) in [5.41, 5.74) is 0.960. The van der Waals surface area contributed by atoms with E-state index >= 15 is 0 Å². The molecule has 5 nitrogen and oxygen atoms in total. The summed E-state index contributed by atoms with van der Waals surface area (Å²) in [5.74, 6) is -1.54. The van der Waals surface area contributed by atoms with E-state index in [1.54, 1.807) is 0 Å². The van der Waals surface area contributed by atoms with E-state index in [0.29, 0.717) is 24.2 Å². The zero-order valence-corrected chi connectivity index (χ0v) is 12.7. The van der Waals surface area contributed by atoms with Crippen LogP contribution in [0, 0.1) is 11.7 Å². The molecule has 1 heterocycles. The molecule has 1 aliphatic rings. The van der Waals surface area contributed by atoms with Crippen LogP contribution in [0.15, 0.2) is 18.2 Å². The van der Waals surface area contributed by atoms with E-state index in [4.69, 9.17) is 0 Å². The van der Waals surface area contributed by atoms with Crippen molar-refractivity contribution in [2.24, 2.45) is 5.92 Å². The van der Waals surface area contributed by atoms with Crippen molar-refractivity contribution in [3.05, 3.63) is 29.6 Å². The van der Waals surface area contributed by atoms with Crippen molar-refractivity contribution < 1.29 is 19.1 Å². The SMILES string of the molecule is CC(C)C(O)CCNC(=O)C1CC(=O)Nc2cc(F)ccc21. The molecule has 0 aliphatic carbocycles. The lowest BCUT2D eigenvalue weighted by molar-refractivity contribution is -0.126. The Morgan fingerprint density at radius 2 is 2.23 bits per heavy atom. The fourth-order valence-corrected chi connectivity index (χ4v) is 2.47. The number of anilines is 1. The number of fused-ring (bicyclic) bond motifs is 1. The third-order valence-corrected chi connectivity index (χ3v) is 3.88. The first-order valence-electron chi connectivity index (χ1n) is 7.43. The van der Waals surface area contributed by atoms with Gasteiger partial charge in [-0.2, -0.15) is 0 Å². The summed E-state index contributed by atoms with van der Waals surface area (Å²) < 4.78 is 13.2. The van der Waals surface area contributed by atoms with Crippen LogP contribution in [0.5, 0.6) is 0 Å². The Bertz CT molecular complexity index is 575. The van der Waals surface area contributed by atoms with E-state index < -0.39 is 17.8 Å². The third kappa shape index (κ3) is 3.82. The number of carbonyl (C=O) groups is 2. The van der Waals surface area contributed by atoms with Gasteiger partial charge < -0.3 is 15.7 Å². The standard InChI is InChI=1S/C16H21FN2O3/c1-9(2)14(20)5-6-18-16(22)12-8-15(21)19-13-7-10(17)3-4-11(12)13/h3-4,7,9,12,14,20H,5-6,8H2,1-2H3,(H,18,22)(H,19,21). The molecule has 2 rings (SSSR count). The highest BCUT2D eigenvalue weighted by Gasteiger charge is 2.30. The Morgan fingerprint density at radius 3 is 2.91 bits per heavy atom. The largest absolute Gasteiger partial charge is 0.393 e. The van der Waals surface area contributed by atoms with Gasteiger partial charge in [-0.25, -0.2) is 4.39 Å². The fraction of sp³-hybridized carbons (Fsp3) is 0.500. The minimum absolute atomic E-state index is 0.0389. The van der Waals surface area contributed by atoms with Crippen LogP contribution in [0.1, 0.15) is 38.2 Å². The zero-order valence-electron chi connectivity index (χ0n) is 12.7. The molecule has 0 fully saturated rings. The van der Waals surface area contributed by atoms with Crippen LogP contribution < -0.4 is 10.6 Å². The summed E-state index contributed by atoms with van der Waals surface area (Å²) in [6.07, 6.45) is 0.0202. The number of hydrogen-bond acceptors (Lipinski definition) is 3. The Labute approximate surface area is 128 Å². The van der Waals surface area contributed by atoms with Crippen molar-refractivity contribution in [1.29, 1.82) is 0 Å². The fourth-order valence-electron chi connectivity index (χ4n) is 2.47. The number of nitrogens with one attached hydrogen (secondary N) is 2. The molecule has 3 N–H and O–H groups in total. The molecule has 2 atom stereocenters. The van der Waals surface area contributed by atoms with Crippen LogP contribution in [0.3, 0.4) is 0 Å². The normalized spacial score (nSPS) is 18.6. The Hall–Kier alpha value is -1.95. The molecule has 120 valence electrons. The molecule has 1 aliphatic heterocycles. The molecule has 0 saturated carbocycles. The average Bonchev–Trinajstić information content (AvgIpc) is 2.45. The summed E-state index contributed by atoms with van der Waals surface area (Å²) in [5, 5.41) is 15.0. The second kappa shape index (κ2) is 6.87. The van der Waals surface area contributed by atoms with Gasteiger partial charge in [-0.15, -0.1) is 0 Å². The molecule has 0 bridgehead atoms. The quantitative estimate of drug-likeness (QED) is 0.776. The maximum atomic E-state index is 13.2. The molecule has 1 aromatic rings. The van der Waals surface area contributed by atoms with Gasteiger partial charge >= 0.3 is 0 Å². The van der Waals surface area contributed by atoms with Crippen molar-refractivity contribution in [1.82, 2.24) is 5.32 Å². The highest BCUT2D eigenvalue weighted by atomic mass is 19.1. The van der Waals surface area contributed by atoms with E-state index in [0.717, 1.165) is 0 Å². The van der Waals surface area contributed by atoms with Crippen molar-refractivity contribution >= 4 is 17.5 Å². The monoisotopic (exact) mass is 308 g/mol. The van der Waals surface area contributed by atoms with Crippen LogP contribution in [-0.4, -0.2) is 29.6 Å². The van der Waals surface area contributed by atoms with Crippen molar-refractivity contribution in [3.63, 3.8) is 0 Å². The number of rotatable bonds is 5. The van der Waals surface area contributed by atoms with E-state index in [1.807, 2.05) is 13.8 Å². The van der Waals surface area contributed by atoms with Gasteiger partial charge in [0, 0.05) is 18.7 Å². The zero-order chi connectivity index (χ0) is 16.3. The molecule has 1 aromatic carbocycles.